The number of thioether (sulfide) groups is 1. The first-order chi connectivity index (χ1) is 16.1. The first-order valence-electron chi connectivity index (χ1n) is 13.3. The Morgan fingerprint density at radius 1 is 1.09 bits per heavy atom. The van der Waals surface area contributed by atoms with Crippen LogP contribution in [0.25, 0.3) is 0 Å². The molecule has 0 spiro atoms. The maximum atomic E-state index is 12.7. The predicted octanol–water partition coefficient (Wildman–Crippen LogP) is 1.44. The summed E-state index contributed by atoms with van der Waals surface area (Å²) in [6.07, 6.45) is 9.37. The lowest BCUT2D eigenvalue weighted by atomic mass is 9.85. The molecule has 4 rings (SSSR count). The molecule has 7 atom stereocenters. The SMILES string of the molecule is CCN(CC)CCNC(=O)C1CCCC(NC2NCCC(NC3CCC4N=CSC4C3)N2)C1. The van der Waals surface area contributed by atoms with E-state index in [-0.39, 0.29) is 18.1 Å². The van der Waals surface area contributed by atoms with Crippen molar-refractivity contribution in [2.24, 2.45) is 10.9 Å². The average molecular weight is 480 g/mol. The molecule has 3 fully saturated rings. The van der Waals surface area contributed by atoms with E-state index >= 15 is 0 Å². The number of fused-ring (bicyclic) bond motifs is 1. The summed E-state index contributed by atoms with van der Waals surface area (Å²) in [4.78, 5) is 19.7. The van der Waals surface area contributed by atoms with E-state index in [1.807, 2.05) is 11.8 Å². The fourth-order valence-electron chi connectivity index (χ4n) is 5.85. The molecule has 9 heteroatoms. The molecule has 2 saturated carbocycles. The molecule has 0 bridgehead atoms. The van der Waals surface area contributed by atoms with Crippen LogP contribution in [-0.2, 0) is 4.79 Å². The van der Waals surface area contributed by atoms with Gasteiger partial charge in [0.2, 0.25) is 5.91 Å². The molecular formula is C24H45N7OS. The number of carbonyl (C=O) groups excluding carboxylic acids is 1. The van der Waals surface area contributed by atoms with Gasteiger partial charge in [0.25, 0.3) is 0 Å². The zero-order chi connectivity index (χ0) is 23.0. The van der Waals surface area contributed by atoms with E-state index in [2.05, 4.69) is 55.9 Å². The van der Waals surface area contributed by atoms with E-state index in [9.17, 15) is 4.79 Å². The third-order valence-corrected chi connectivity index (χ3v) is 9.00. The van der Waals surface area contributed by atoms with Gasteiger partial charge in [0.1, 0.15) is 6.29 Å². The molecule has 7 unspecified atom stereocenters. The maximum absolute atomic E-state index is 12.7. The van der Waals surface area contributed by atoms with Crippen molar-refractivity contribution in [1.29, 1.82) is 0 Å². The summed E-state index contributed by atoms with van der Waals surface area (Å²) in [5, 5.41) is 18.8. The van der Waals surface area contributed by atoms with Crippen LogP contribution in [0.2, 0.25) is 0 Å². The molecule has 8 nitrogen and oxygen atoms in total. The molecule has 33 heavy (non-hydrogen) atoms. The highest BCUT2D eigenvalue weighted by atomic mass is 32.2. The lowest BCUT2D eigenvalue weighted by molar-refractivity contribution is -0.126. The first kappa shape index (κ1) is 25.4. The van der Waals surface area contributed by atoms with Gasteiger partial charge in [-0.1, -0.05) is 20.3 Å². The minimum absolute atomic E-state index is 0.103. The number of amides is 1. The highest BCUT2D eigenvalue weighted by molar-refractivity contribution is 8.12. The van der Waals surface area contributed by atoms with Crippen molar-refractivity contribution < 1.29 is 4.79 Å². The molecular weight excluding hydrogens is 434 g/mol. The van der Waals surface area contributed by atoms with Gasteiger partial charge in [-0.25, -0.2) is 0 Å². The molecule has 1 amide bonds. The highest BCUT2D eigenvalue weighted by Crippen LogP contribution is 2.34. The first-order valence-corrected chi connectivity index (χ1v) is 14.3. The molecule has 0 aromatic heterocycles. The fraction of sp³-hybridized carbons (Fsp3) is 0.917. The van der Waals surface area contributed by atoms with Crippen molar-refractivity contribution in [3.05, 3.63) is 0 Å². The lowest BCUT2D eigenvalue weighted by Crippen LogP contribution is -2.67. The van der Waals surface area contributed by atoms with Gasteiger partial charge < -0.3 is 10.2 Å². The number of hydrogen-bond donors (Lipinski definition) is 5. The van der Waals surface area contributed by atoms with Crippen LogP contribution in [0.5, 0.6) is 0 Å². The van der Waals surface area contributed by atoms with Crippen molar-refractivity contribution in [2.45, 2.75) is 101 Å². The minimum atomic E-state index is 0.103. The number of rotatable bonds is 10. The molecule has 4 aliphatic rings. The van der Waals surface area contributed by atoms with Crippen molar-refractivity contribution in [2.75, 3.05) is 32.7 Å². The number of nitrogens with one attached hydrogen (secondary N) is 5. The third-order valence-electron chi connectivity index (χ3n) is 7.90. The van der Waals surface area contributed by atoms with Crippen molar-refractivity contribution in [1.82, 2.24) is 31.5 Å². The van der Waals surface area contributed by atoms with Crippen molar-refractivity contribution >= 4 is 23.2 Å². The summed E-state index contributed by atoms with van der Waals surface area (Å²) in [5.41, 5.74) is 2.06. The number of nitrogens with zero attached hydrogens (tertiary/aromatic N) is 2. The van der Waals surface area contributed by atoms with E-state index in [1.54, 1.807) is 0 Å². The smallest absolute Gasteiger partial charge is 0.223 e. The Morgan fingerprint density at radius 2 is 1.94 bits per heavy atom. The monoisotopic (exact) mass is 479 g/mol. The van der Waals surface area contributed by atoms with E-state index < -0.39 is 0 Å². The van der Waals surface area contributed by atoms with E-state index in [1.165, 1.54) is 19.3 Å². The molecule has 1 saturated heterocycles. The maximum Gasteiger partial charge on any atom is 0.223 e. The molecule has 0 aromatic carbocycles. The predicted molar refractivity (Wildman–Crippen MR) is 137 cm³/mol. The zero-order valence-electron chi connectivity index (χ0n) is 20.5. The second-order valence-electron chi connectivity index (χ2n) is 10.1. The molecule has 2 aliphatic carbocycles. The fourth-order valence-corrected chi connectivity index (χ4v) is 6.96. The summed E-state index contributed by atoms with van der Waals surface area (Å²) in [6.45, 7) is 9.10. The van der Waals surface area contributed by atoms with Gasteiger partial charge in [0.15, 0.2) is 0 Å². The highest BCUT2D eigenvalue weighted by Gasteiger charge is 2.35. The Kier molecular flexibility index (Phi) is 9.87. The van der Waals surface area contributed by atoms with Crippen LogP contribution in [0.3, 0.4) is 0 Å². The lowest BCUT2D eigenvalue weighted by Gasteiger charge is -2.40. The van der Waals surface area contributed by atoms with Crippen LogP contribution in [0, 0.1) is 5.92 Å². The topological polar surface area (TPSA) is 92.8 Å². The Labute approximate surface area is 204 Å². The van der Waals surface area contributed by atoms with Gasteiger partial charge in [-0.2, -0.15) is 0 Å². The quantitative estimate of drug-likeness (QED) is 0.324. The van der Waals surface area contributed by atoms with Crippen LogP contribution in [0.1, 0.15) is 65.2 Å². The normalized spacial score (nSPS) is 36.6. The van der Waals surface area contributed by atoms with Crippen LogP contribution >= 0.6 is 11.8 Å². The van der Waals surface area contributed by atoms with Gasteiger partial charge in [0, 0.05) is 42.9 Å². The zero-order valence-corrected chi connectivity index (χ0v) is 21.3. The Bertz CT molecular complexity index is 646. The standard InChI is InChI=1S/C24H45N7OS/c1-3-31(4-2)13-12-25-23(32)17-6-5-7-18(14-17)29-24-26-11-10-22(30-24)28-19-8-9-20-21(15-19)33-16-27-20/h16-22,24,26,28-30H,3-15H2,1-2H3,(H,25,32). The second kappa shape index (κ2) is 12.8. The molecule has 2 heterocycles. The van der Waals surface area contributed by atoms with Gasteiger partial charge >= 0.3 is 0 Å². The molecule has 188 valence electrons. The summed E-state index contributed by atoms with van der Waals surface area (Å²) in [5.74, 6) is 0.369. The molecule has 0 radical (unpaired) electrons. The second-order valence-corrected chi connectivity index (χ2v) is 11.2. The number of carbonyl (C=O) groups is 1. The molecule has 5 N–H and O–H groups in total. The van der Waals surface area contributed by atoms with Crippen molar-refractivity contribution in [3.8, 4) is 0 Å². The third kappa shape index (κ3) is 7.39. The van der Waals surface area contributed by atoms with Crippen LogP contribution in [0.15, 0.2) is 4.99 Å². The van der Waals surface area contributed by atoms with Crippen LogP contribution in [-0.4, -0.2) is 84.9 Å². The van der Waals surface area contributed by atoms with E-state index in [0.717, 1.165) is 64.8 Å². The van der Waals surface area contributed by atoms with Crippen LogP contribution in [0.4, 0.5) is 0 Å². The van der Waals surface area contributed by atoms with Crippen LogP contribution < -0.4 is 26.6 Å². The summed E-state index contributed by atoms with van der Waals surface area (Å²) in [6, 6.07) is 1.51. The van der Waals surface area contributed by atoms with E-state index in [0.29, 0.717) is 29.5 Å². The Balaban J connectivity index is 1.17. The Morgan fingerprint density at radius 3 is 2.79 bits per heavy atom. The van der Waals surface area contributed by atoms with E-state index in [4.69, 9.17) is 0 Å². The largest absolute Gasteiger partial charge is 0.355 e. The molecule has 2 aliphatic heterocycles. The van der Waals surface area contributed by atoms with Gasteiger partial charge in [-0.05, 0) is 58.0 Å². The Hall–Kier alpha value is -0.710. The number of likely N-dealkylation sites (N-methyl/N-ethyl adjacent to an activating group) is 1. The number of aliphatic imine (C=N–C) groups is 1. The summed E-state index contributed by atoms with van der Waals surface area (Å²) in [7, 11) is 0. The summed E-state index contributed by atoms with van der Waals surface area (Å²) < 4.78 is 0. The van der Waals surface area contributed by atoms with Gasteiger partial charge in [-0.15, -0.1) is 11.8 Å². The average Bonchev–Trinajstić information content (AvgIpc) is 3.30. The minimum Gasteiger partial charge on any atom is -0.355 e. The van der Waals surface area contributed by atoms with Crippen molar-refractivity contribution in [3.63, 3.8) is 0 Å². The number of hydrogen-bond acceptors (Lipinski definition) is 8. The van der Waals surface area contributed by atoms with Gasteiger partial charge in [-0.3, -0.25) is 31.1 Å². The van der Waals surface area contributed by atoms with Gasteiger partial charge in [0.05, 0.1) is 17.8 Å². The summed E-state index contributed by atoms with van der Waals surface area (Å²) >= 11 is 1.91. The molecule has 0 aromatic rings.